The number of aliphatic hydroxyl groups excluding tert-OH is 1. The molecule has 1 aliphatic rings. The molecule has 1 fully saturated rings. The normalized spacial score (nSPS) is 20.4. The quantitative estimate of drug-likeness (QED) is 0.401. The van der Waals surface area contributed by atoms with Gasteiger partial charge in [0.25, 0.3) is 0 Å². The van der Waals surface area contributed by atoms with Gasteiger partial charge in [-0.05, 0) is 64.2 Å². The van der Waals surface area contributed by atoms with Crippen LogP contribution in [-0.4, -0.2) is 53.4 Å². The van der Waals surface area contributed by atoms with Crippen LogP contribution in [0.15, 0.2) is 36.9 Å². The SMILES string of the molecule is C=CCC1(C(=O)Oc2cccc(C[C@@H](N)CO)c2)CCCN(C(=O)OC(C)(C)C)C1. The molecule has 1 unspecified atom stereocenters. The lowest BCUT2D eigenvalue weighted by Gasteiger charge is -2.40. The van der Waals surface area contributed by atoms with E-state index in [0.717, 1.165) is 5.56 Å². The Morgan fingerprint density at radius 3 is 2.77 bits per heavy atom. The number of ether oxygens (including phenoxy) is 2. The largest absolute Gasteiger partial charge is 0.444 e. The van der Waals surface area contributed by atoms with E-state index in [1.54, 1.807) is 29.2 Å². The molecule has 0 aromatic heterocycles. The van der Waals surface area contributed by atoms with E-state index in [-0.39, 0.29) is 25.2 Å². The highest BCUT2D eigenvalue weighted by Crippen LogP contribution is 2.36. The number of aliphatic hydroxyl groups is 1. The summed E-state index contributed by atoms with van der Waals surface area (Å²) in [6.45, 7) is 9.88. The molecule has 0 spiro atoms. The number of benzene rings is 1. The van der Waals surface area contributed by atoms with E-state index in [0.29, 0.717) is 38.0 Å². The van der Waals surface area contributed by atoms with E-state index in [9.17, 15) is 9.59 Å². The number of nitrogens with two attached hydrogens (primary N) is 1. The molecular formula is C23H34N2O5. The number of carbonyl (C=O) groups excluding carboxylic acids is 2. The van der Waals surface area contributed by atoms with Gasteiger partial charge in [-0.15, -0.1) is 6.58 Å². The molecule has 2 rings (SSSR count). The molecule has 1 aliphatic heterocycles. The Hall–Kier alpha value is -2.38. The summed E-state index contributed by atoms with van der Waals surface area (Å²) in [5.74, 6) is 0.0275. The summed E-state index contributed by atoms with van der Waals surface area (Å²) in [4.78, 5) is 27.3. The molecule has 166 valence electrons. The molecule has 0 bridgehead atoms. The first-order valence-electron chi connectivity index (χ1n) is 10.3. The predicted octanol–water partition coefficient (Wildman–Crippen LogP) is 3.05. The maximum atomic E-state index is 13.2. The summed E-state index contributed by atoms with van der Waals surface area (Å²) in [6, 6.07) is 6.75. The molecule has 0 radical (unpaired) electrons. The second-order valence-corrected chi connectivity index (χ2v) is 8.96. The number of hydrogen-bond acceptors (Lipinski definition) is 6. The van der Waals surface area contributed by atoms with Gasteiger partial charge < -0.3 is 25.2 Å². The lowest BCUT2D eigenvalue weighted by molar-refractivity contribution is -0.149. The summed E-state index contributed by atoms with van der Waals surface area (Å²) in [5.41, 5.74) is 5.20. The molecular weight excluding hydrogens is 384 g/mol. The summed E-state index contributed by atoms with van der Waals surface area (Å²) in [6.07, 6.45) is 3.42. The predicted molar refractivity (Wildman–Crippen MR) is 115 cm³/mol. The van der Waals surface area contributed by atoms with Gasteiger partial charge in [-0.25, -0.2) is 4.79 Å². The van der Waals surface area contributed by atoms with Crippen LogP contribution in [0.3, 0.4) is 0 Å². The number of piperidine rings is 1. The highest BCUT2D eigenvalue weighted by atomic mass is 16.6. The number of esters is 1. The zero-order chi connectivity index (χ0) is 22.4. The van der Waals surface area contributed by atoms with Crippen LogP contribution in [0, 0.1) is 5.41 Å². The number of hydrogen-bond donors (Lipinski definition) is 2. The molecule has 1 aromatic carbocycles. The van der Waals surface area contributed by atoms with Gasteiger partial charge in [0.2, 0.25) is 0 Å². The smallest absolute Gasteiger partial charge is 0.410 e. The van der Waals surface area contributed by atoms with Gasteiger partial charge in [0.15, 0.2) is 0 Å². The van der Waals surface area contributed by atoms with Crippen LogP contribution in [0.5, 0.6) is 5.75 Å². The first kappa shape index (κ1) is 23.9. The summed E-state index contributed by atoms with van der Waals surface area (Å²) in [5, 5.41) is 9.15. The molecule has 1 aromatic rings. The second-order valence-electron chi connectivity index (χ2n) is 8.96. The Balaban J connectivity index is 2.16. The fourth-order valence-corrected chi connectivity index (χ4v) is 3.63. The lowest BCUT2D eigenvalue weighted by atomic mass is 9.77. The van der Waals surface area contributed by atoms with Gasteiger partial charge in [0, 0.05) is 19.1 Å². The molecule has 1 heterocycles. The molecule has 2 atom stereocenters. The van der Waals surface area contributed by atoms with E-state index >= 15 is 0 Å². The van der Waals surface area contributed by atoms with Gasteiger partial charge in [0.05, 0.1) is 12.0 Å². The van der Waals surface area contributed by atoms with Crippen LogP contribution in [-0.2, 0) is 16.0 Å². The van der Waals surface area contributed by atoms with Crippen molar-refractivity contribution in [1.29, 1.82) is 0 Å². The number of allylic oxidation sites excluding steroid dienone is 1. The minimum atomic E-state index is -0.867. The summed E-state index contributed by atoms with van der Waals surface area (Å²) in [7, 11) is 0. The average Bonchev–Trinajstić information content (AvgIpc) is 2.67. The van der Waals surface area contributed by atoms with Crippen molar-refractivity contribution in [2.75, 3.05) is 19.7 Å². The summed E-state index contributed by atoms with van der Waals surface area (Å²) < 4.78 is 11.2. The molecule has 3 N–H and O–H groups in total. The van der Waals surface area contributed by atoms with Gasteiger partial charge in [0.1, 0.15) is 11.4 Å². The van der Waals surface area contributed by atoms with Crippen molar-refractivity contribution in [1.82, 2.24) is 4.90 Å². The van der Waals surface area contributed by atoms with E-state index < -0.39 is 17.1 Å². The lowest BCUT2D eigenvalue weighted by Crippen LogP contribution is -2.52. The molecule has 1 saturated heterocycles. The van der Waals surface area contributed by atoms with Crippen LogP contribution >= 0.6 is 0 Å². The van der Waals surface area contributed by atoms with Crippen LogP contribution in [0.4, 0.5) is 4.79 Å². The first-order valence-corrected chi connectivity index (χ1v) is 10.3. The van der Waals surface area contributed by atoms with Crippen molar-refractivity contribution < 1.29 is 24.2 Å². The van der Waals surface area contributed by atoms with Crippen LogP contribution in [0.1, 0.15) is 45.6 Å². The van der Waals surface area contributed by atoms with Crippen molar-refractivity contribution in [3.63, 3.8) is 0 Å². The van der Waals surface area contributed by atoms with Crippen molar-refractivity contribution in [3.8, 4) is 5.75 Å². The Morgan fingerprint density at radius 1 is 1.40 bits per heavy atom. The molecule has 0 saturated carbocycles. The van der Waals surface area contributed by atoms with Gasteiger partial charge in [-0.1, -0.05) is 18.2 Å². The number of likely N-dealkylation sites (tertiary alicyclic amines) is 1. The first-order chi connectivity index (χ1) is 14.1. The fourth-order valence-electron chi connectivity index (χ4n) is 3.63. The highest BCUT2D eigenvalue weighted by Gasteiger charge is 2.45. The number of nitrogens with zero attached hydrogens (tertiary/aromatic N) is 1. The van der Waals surface area contributed by atoms with Crippen molar-refractivity contribution in [3.05, 3.63) is 42.5 Å². The van der Waals surface area contributed by atoms with E-state index in [1.165, 1.54) is 0 Å². The number of carbonyl (C=O) groups is 2. The minimum Gasteiger partial charge on any atom is -0.444 e. The third kappa shape index (κ3) is 6.57. The van der Waals surface area contributed by atoms with E-state index in [1.807, 2.05) is 26.8 Å². The monoisotopic (exact) mass is 418 g/mol. The van der Waals surface area contributed by atoms with Crippen molar-refractivity contribution in [2.24, 2.45) is 11.1 Å². The molecule has 1 amide bonds. The zero-order valence-electron chi connectivity index (χ0n) is 18.2. The number of rotatable bonds is 7. The van der Waals surface area contributed by atoms with Crippen LogP contribution < -0.4 is 10.5 Å². The zero-order valence-corrected chi connectivity index (χ0v) is 18.2. The Bertz CT molecular complexity index is 758. The molecule has 7 nitrogen and oxygen atoms in total. The Kier molecular flexibility index (Phi) is 8.03. The van der Waals surface area contributed by atoms with Crippen molar-refractivity contribution >= 4 is 12.1 Å². The topological polar surface area (TPSA) is 102 Å². The average molecular weight is 419 g/mol. The van der Waals surface area contributed by atoms with Crippen LogP contribution in [0.2, 0.25) is 0 Å². The molecule has 30 heavy (non-hydrogen) atoms. The Labute approximate surface area is 178 Å². The van der Waals surface area contributed by atoms with Gasteiger partial charge >= 0.3 is 12.1 Å². The molecule has 0 aliphatic carbocycles. The minimum absolute atomic E-state index is 0.118. The summed E-state index contributed by atoms with van der Waals surface area (Å²) >= 11 is 0. The Morgan fingerprint density at radius 2 is 2.13 bits per heavy atom. The number of amides is 1. The molecule has 7 heteroatoms. The third-order valence-electron chi connectivity index (χ3n) is 5.04. The standard InChI is InChI=1S/C23H34N2O5/c1-5-10-23(11-7-12-25(16-23)21(28)30-22(2,3)4)20(27)29-19-9-6-8-17(14-19)13-18(24)15-26/h5-6,8-9,14,18,26H,1,7,10-13,15-16,24H2,2-4H3/t18-,23?/m1/s1. The van der Waals surface area contributed by atoms with Crippen molar-refractivity contribution in [2.45, 2.75) is 58.1 Å². The third-order valence-corrected chi connectivity index (χ3v) is 5.04. The van der Waals surface area contributed by atoms with Gasteiger partial charge in [-0.3, -0.25) is 4.79 Å². The van der Waals surface area contributed by atoms with Gasteiger partial charge in [-0.2, -0.15) is 0 Å². The van der Waals surface area contributed by atoms with Crippen LogP contribution in [0.25, 0.3) is 0 Å². The second kappa shape index (κ2) is 10.1. The van der Waals surface area contributed by atoms with E-state index in [4.69, 9.17) is 20.3 Å². The van der Waals surface area contributed by atoms with E-state index in [2.05, 4.69) is 6.58 Å². The maximum absolute atomic E-state index is 13.2. The maximum Gasteiger partial charge on any atom is 0.410 e. The fraction of sp³-hybridized carbons (Fsp3) is 0.565. The highest BCUT2D eigenvalue weighted by molar-refractivity contribution is 5.81.